The van der Waals surface area contributed by atoms with Gasteiger partial charge in [0.25, 0.3) is 0 Å². The number of rotatable bonds is 9. The van der Waals surface area contributed by atoms with Gasteiger partial charge in [0.05, 0.1) is 17.9 Å². The Bertz CT molecular complexity index is 628. The van der Waals surface area contributed by atoms with Crippen LogP contribution in [-0.2, 0) is 14.3 Å². The molecule has 3 atom stereocenters. The number of esters is 1. The van der Waals surface area contributed by atoms with Gasteiger partial charge < -0.3 is 19.9 Å². The van der Waals surface area contributed by atoms with Gasteiger partial charge in [0.15, 0.2) is 0 Å². The third-order valence-corrected chi connectivity index (χ3v) is 5.78. The van der Waals surface area contributed by atoms with E-state index in [-0.39, 0.29) is 11.2 Å². The lowest BCUT2D eigenvalue weighted by atomic mass is 10.0. The Morgan fingerprint density at radius 1 is 1.19 bits per heavy atom. The van der Waals surface area contributed by atoms with Crippen molar-refractivity contribution in [3.8, 4) is 6.07 Å². The van der Waals surface area contributed by atoms with Crippen LogP contribution in [0.2, 0.25) is 0 Å². The number of ether oxygens (including phenoxy) is 1. The molecule has 7 nitrogen and oxygen atoms in total. The fraction of sp³-hybridized carbons (Fsp3) is 0.591. The second-order valence-corrected chi connectivity index (χ2v) is 8.04. The van der Waals surface area contributed by atoms with Crippen LogP contribution in [0.15, 0.2) is 29.2 Å². The minimum Gasteiger partial charge on any atom is -0.465 e. The first-order valence-electron chi connectivity index (χ1n) is 10.2. The zero-order valence-electron chi connectivity index (χ0n) is 19.6. The molecule has 0 fully saturated rings. The molecule has 0 aromatic heterocycles. The molecule has 0 saturated heterocycles. The van der Waals surface area contributed by atoms with Crippen LogP contribution in [0.1, 0.15) is 41.0 Å². The van der Waals surface area contributed by atoms with Gasteiger partial charge in [0.2, 0.25) is 5.91 Å². The van der Waals surface area contributed by atoms with Gasteiger partial charge in [-0.1, -0.05) is 20.3 Å². The van der Waals surface area contributed by atoms with Gasteiger partial charge in [-0.05, 0) is 57.2 Å². The molecule has 0 spiro atoms. The third-order valence-electron chi connectivity index (χ3n) is 4.11. The summed E-state index contributed by atoms with van der Waals surface area (Å²) in [4.78, 5) is 22.8. The molecular weight excluding hydrogens is 434 g/mol. The van der Waals surface area contributed by atoms with Crippen molar-refractivity contribution in [2.75, 3.05) is 31.8 Å². The minimum atomic E-state index is -0.634. The molecule has 9 heteroatoms. The van der Waals surface area contributed by atoms with Crippen molar-refractivity contribution in [1.29, 1.82) is 5.26 Å². The number of nitriles is 1. The Morgan fingerprint density at radius 2 is 1.77 bits per heavy atom. The van der Waals surface area contributed by atoms with Crippen LogP contribution in [-0.4, -0.2) is 48.1 Å². The van der Waals surface area contributed by atoms with E-state index in [1.54, 1.807) is 24.8 Å². The van der Waals surface area contributed by atoms with Gasteiger partial charge in [0.1, 0.15) is 5.92 Å². The van der Waals surface area contributed by atoms with Crippen molar-refractivity contribution in [2.24, 2.45) is 11.8 Å². The second-order valence-electron chi connectivity index (χ2n) is 6.40. The first-order valence-corrected chi connectivity index (χ1v) is 12.3. The summed E-state index contributed by atoms with van der Waals surface area (Å²) in [6, 6.07) is 9.32. The fourth-order valence-electron chi connectivity index (χ4n) is 2.09. The van der Waals surface area contributed by atoms with E-state index in [0.717, 1.165) is 35.6 Å². The molecule has 0 aliphatic carbocycles. The van der Waals surface area contributed by atoms with E-state index in [9.17, 15) is 9.59 Å². The van der Waals surface area contributed by atoms with E-state index in [4.69, 9.17) is 9.81 Å². The number of amides is 1. The molecule has 1 amide bonds. The van der Waals surface area contributed by atoms with E-state index < -0.39 is 11.9 Å². The lowest BCUT2D eigenvalue weighted by Crippen LogP contribution is -2.36. The quantitative estimate of drug-likeness (QED) is 0.344. The SMILES string of the molecule is CCNC(=O)C(SC)C(C)CC.CCOC(=O)C(C)C#N.CNc1ccc(SO)cc1. The standard InChI is InChI=1S/C9H19NOS.C7H9NOS.C6H9NO2/c1-5-7(3)8(12-4)9(11)10-6-2;1-8-6-2-4-7(10-9)5-3-6;1-3-9-6(8)5(2)4-7/h7-8H,5-6H2,1-4H3,(H,10,11);2-5,8-9H,1H3;5H,3H2,1-2H3. The van der Waals surface area contributed by atoms with Crippen molar-refractivity contribution >= 4 is 41.4 Å². The van der Waals surface area contributed by atoms with Crippen LogP contribution < -0.4 is 10.6 Å². The average Bonchev–Trinajstić information content (AvgIpc) is 2.80. The van der Waals surface area contributed by atoms with Crippen LogP contribution in [0, 0.1) is 23.2 Å². The highest BCUT2D eigenvalue weighted by atomic mass is 32.2. The first kappa shape index (κ1) is 31.3. The highest BCUT2D eigenvalue weighted by Gasteiger charge is 2.21. The van der Waals surface area contributed by atoms with Crippen molar-refractivity contribution in [1.82, 2.24) is 5.32 Å². The van der Waals surface area contributed by atoms with E-state index in [1.807, 2.05) is 44.5 Å². The maximum Gasteiger partial charge on any atom is 0.323 e. The average molecular weight is 472 g/mol. The number of carbonyl (C=O) groups excluding carboxylic acids is 2. The molecule has 0 bridgehead atoms. The molecule has 0 aliphatic heterocycles. The molecule has 1 aromatic rings. The second kappa shape index (κ2) is 20.0. The largest absolute Gasteiger partial charge is 0.465 e. The smallest absolute Gasteiger partial charge is 0.323 e. The molecule has 0 radical (unpaired) electrons. The van der Waals surface area contributed by atoms with Crippen LogP contribution in [0.25, 0.3) is 0 Å². The van der Waals surface area contributed by atoms with E-state index >= 15 is 0 Å². The fourth-order valence-corrected chi connectivity index (χ4v) is 3.30. The predicted octanol–water partition coefficient (Wildman–Crippen LogP) is 4.90. The number of nitrogens with zero attached hydrogens (tertiary/aromatic N) is 1. The van der Waals surface area contributed by atoms with Crippen molar-refractivity contribution in [2.45, 2.75) is 51.2 Å². The summed E-state index contributed by atoms with van der Waals surface area (Å²) >= 11 is 2.40. The van der Waals surface area contributed by atoms with E-state index in [2.05, 4.69) is 29.2 Å². The molecule has 3 N–H and O–H groups in total. The number of thioether (sulfide) groups is 1. The molecule has 0 saturated carbocycles. The summed E-state index contributed by atoms with van der Waals surface area (Å²) in [7, 11) is 1.86. The molecule has 31 heavy (non-hydrogen) atoms. The Hall–Kier alpha value is -1.89. The van der Waals surface area contributed by atoms with E-state index in [1.165, 1.54) is 6.92 Å². The Kier molecular flexibility index (Phi) is 20.2. The van der Waals surface area contributed by atoms with Crippen molar-refractivity contribution in [3.05, 3.63) is 24.3 Å². The van der Waals surface area contributed by atoms with Gasteiger partial charge in [0, 0.05) is 36.2 Å². The number of nitrogens with one attached hydrogen (secondary N) is 2. The molecule has 0 heterocycles. The van der Waals surface area contributed by atoms with E-state index in [0.29, 0.717) is 12.5 Å². The molecule has 0 aliphatic rings. The summed E-state index contributed by atoms with van der Waals surface area (Å²) in [6.07, 6.45) is 3.05. The predicted molar refractivity (Wildman–Crippen MR) is 131 cm³/mol. The number of carbonyl (C=O) groups is 2. The molecular formula is C22H37N3O4S2. The first-order chi connectivity index (χ1) is 14.7. The molecule has 1 aromatic carbocycles. The van der Waals surface area contributed by atoms with Crippen LogP contribution in [0.4, 0.5) is 5.69 Å². The lowest BCUT2D eigenvalue weighted by molar-refractivity contribution is -0.145. The number of benzene rings is 1. The zero-order chi connectivity index (χ0) is 24.2. The normalized spacial score (nSPS) is 12.4. The van der Waals surface area contributed by atoms with Crippen LogP contribution in [0.3, 0.4) is 0 Å². The maximum absolute atomic E-state index is 11.4. The highest BCUT2D eigenvalue weighted by Crippen LogP contribution is 2.19. The topological polar surface area (TPSA) is 111 Å². The van der Waals surface area contributed by atoms with Gasteiger partial charge in [-0.25, -0.2) is 0 Å². The summed E-state index contributed by atoms with van der Waals surface area (Å²) < 4.78 is 13.1. The summed E-state index contributed by atoms with van der Waals surface area (Å²) in [5.74, 6) is -0.434. The van der Waals surface area contributed by atoms with Crippen LogP contribution >= 0.6 is 23.8 Å². The molecule has 176 valence electrons. The number of hydrogen-bond acceptors (Lipinski definition) is 8. The van der Waals surface area contributed by atoms with Crippen molar-refractivity contribution < 1.29 is 18.9 Å². The molecule has 1 rings (SSSR count). The minimum absolute atomic E-state index is 0.120. The Balaban J connectivity index is 0. The third kappa shape index (κ3) is 14.7. The van der Waals surface area contributed by atoms with Crippen LogP contribution in [0.5, 0.6) is 0 Å². The Labute approximate surface area is 195 Å². The number of anilines is 1. The lowest BCUT2D eigenvalue weighted by Gasteiger charge is -2.19. The summed E-state index contributed by atoms with van der Waals surface area (Å²) in [6.45, 7) is 10.5. The van der Waals surface area contributed by atoms with Gasteiger partial charge in [-0.15, -0.1) is 0 Å². The summed E-state index contributed by atoms with van der Waals surface area (Å²) in [5, 5.41) is 14.1. The number of hydrogen-bond donors (Lipinski definition) is 3. The van der Waals surface area contributed by atoms with Crippen molar-refractivity contribution in [3.63, 3.8) is 0 Å². The van der Waals surface area contributed by atoms with Gasteiger partial charge >= 0.3 is 5.97 Å². The zero-order valence-corrected chi connectivity index (χ0v) is 21.2. The maximum atomic E-state index is 11.4. The van der Waals surface area contributed by atoms with Gasteiger partial charge in [-0.2, -0.15) is 17.0 Å². The highest BCUT2D eigenvalue weighted by molar-refractivity contribution is 7.99. The summed E-state index contributed by atoms with van der Waals surface area (Å²) in [5.41, 5.74) is 1.05. The molecule has 3 unspecified atom stereocenters. The van der Waals surface area contributed by atoms with Gasteiger partial charge in [-0.3, -0.25) is 9.59 Å². The Morgan fingerprint density at radius 3 is 2.13 bits per heavy atom. The monoisotopic (exact) mass is 471 g/mol.